The Labute approximate surface area is 134 Å². The Kier molecular flexibility index (Phi) is 5.82. The maximum atomic E-state index is 11.9. The molecule has 1 unspecified atom stereocenters. The van der Waals surface area contributed by atoms with Crippen LogP contribution in [0, 0.1) is 0 Å². The zero-order chi connectivity index (χ0) is 16.7. The number of carboxylic acid groups (broad SMARTS) is 1. The minimum Gasteiger partial charge on any atom is -0.478 e. The number of carbonyl (C=O) groups excluding carboxylic acids is 1. The number of ether oxygens (including phenoxy) is 1. The molecule has 1 aromatic carbocycles. The number of nitrogens with zero attached hydrogens (tertiary/aromatic N) is 1. The van der Waals surface area contributed by atoms with Gasteiger partial charge < -0.3 is 9.84 Å². The van der Waals surface area contributed by atoms with Gasteiger partial charge in [-0.2, -0.15) is 0 Å². The van der Waals surface area contributed by atoms with E-state index in [1.807, 2.05) is 18.2 Å². The quantitative estimate of drug-likeness (QED) is 0.756. The van der Waals surface area contributed by atoms with Crippen molar-refractivity contribution < 1.29 is 19.4 Å². The molecule has 0 saturated carbocycles. The van der Waals surface area contributed by atoms with E-state index in [0.29, 0.717) is 13.0 Å². The fraction of sp³-hybridized carbons (Fsp3) is 0.235. The number of hydrogen-bond acceptors (Lipinski definition) is 5. The Morgan fingerprint density at radius 2 is 1.96 bits per heavy atom. The number of aromatic nitrogens is 1. The van der Waals surface area contributed by atoms with Crippen LogP contribution in [-0.2, 0) is 22.5 Å². The Morgan fingerprint density at radius 3 is 2.52 bits per heavy atom. The van der Waals surface area contributed by atoms with Crippen LogP contribution in [0.4, 0.5) is 0 Å². The third kappa shape index (κ3) is 4.89. The van der Waals surface area contributed by atoms with Gasteiger partial charge in [0, 0.05) is 24.9 Å². The molecule has 0 spiro atoms. The lowest BCUT2D eigenvalue weighted by atomic mass is 10.1. The third-order valence-corrected chi connectivity index (χ3v) is 3.38. The largest absolute Gasteiger partial charge is 0.478 e. The van der Waals surface area contributed by atoms with Gasteiger partial charge in [-0.3, -0.25) is 15.1 Å². The Bertz CT molecular complexity index is 656. The molecule has 0 aliphatic heterocycles. The van der Waals surface area contributed by atoms with Gasteiger partial charge >= 0.3 is 11.9 Å². The Hall–Kier alpha value is -2.73. The summed E-state index contributed by atoms with van der Waals surface area (Å²) >= 11 is 0. The molecule has 1 heterocycles. The molecule has 0 aliphatic carbocycles. The number of aromatic carboxylic acids is 1. The number of carboxylic acids is 1. The molecular formula is C17H18N2O4. The number of methoxy groups -OCH3 is 1. The average molecular weight is 314 g/mol. The van der Waals surface area contributed by atoms with E-state index >= 15 is 0 Å². The minimum atomic E-state index is -0.966. The summed E-state index contributed by atoms with van der Waals surface area (Å²) in [5.74, 6) is -1.33. The van der Waals surface area contributed by atoms with Crippen LogP contribution in [0.2, 0.25) is 0 Å². The maximum Gasteiger partial charge on any atom is 0.335 e. The molecule has 0 aliphatic rings. The molecule has 2 rings (SSSR count). The van der Waals surface area contributed by atoms with Crippen molar-refractivity contribution in [3.63, 3.8) is 0 Å². The van der Waals surface area contributed by atoms with Crippen molar-refractivity contribution >= 4 is 11.9 Å². The second-order valence-corrected chi connectivity index (χ2v) is 4.98. The second kappa shape index (κ2) is 8.05. The lowest BCUT2D eigenvalue weighted by Gasteiger charge is -2.16. The van der Waals surface area contributed by atoms with Crippen molar-refractivity contribution in [3.8, 4) is 0 Å². The molecule has 0 radical (unpaired) electrons. The summed E-state index contributed by atoms with van der Waals surface area (Å²) in [7, 11) is 1.34. The number of rotatable bonds is 7. The van der Waals surface area contributed by atoms with Gasteiger partial charge in [-0.25, -0.2) is 4.79 Å². The molecule has 0 amide bonds. The van der Waals surface area contributed by atoms with Gasteiger partial charge in [-0.1, -0.05) is 18.2 Å². The lowest BCUT2D eigenvalue weighted by Crippen LogP contribution is -2.39. The highest BCUT2D eigenvalue weighted by molar-refractivity contribution is 5.87. The topological polar surface area (TPSA) is 88.5 Å². The fourth-order valence-electron chi connectivity index (χ4n) is 2.12. The Balaban J connectivity index is 2.00. The predicted octanol–water partition coefficient (Wildman–Crippen LogP) is 1.65. The van der Waals surface area contributed by atoms with Crippen molar-refractivity contribution in [3.05, 3.63) is 65.5 Å². The summed E-state index contributed by atoms with van der Waals surface area (Å²) in [4.78, 5) is 26.9. The third-order valence-electron chi connectivity index (χ3n) is 3.38. The van der Waals surface area contributed by atoms with Gasteiger partial charge in [0.25, 0.3) is 0 Å². The van der Waals surface area contributed by atoms with Crippen LogP contribution in [0.3, 0.4) is 0 Å². The molecule has 1 atom stereocenters. The molecule has 0 saturated heterocycles. The van der Waals surface area contributed by atoms with Crippen LogP contribution in [0.15, 0.2) is 48.7 Å². The first-order valence-corrected chi connectivity index (χ1v) is 7.13. The van der Waals surface area contributed by atoms with Crippen LogP contribution in [0.1, 0.15) is 21.6 Å². The van der Waals surface area contributed by atoms with E-state index in [0.717, 1.165) is 11.3 Å². The number of esters is 1. The number of carbonyl (C=O) groups is 2. The summed E-state index contributed by atoms with van der Waals surface area (Å²) in [5, 5.41) is 12.0. The molecule has 1 aromatic heterocycles. The summed E-state index contributed by atoms with van der Waals surface area (Å²) < 4.78 is 4.82. The van der Waals surface area contributed by atoms with Gasteiger partial charge in [0.1, 0.15) is 6.04 Å². The molecule has 6 nitrogen and oxygen atoms in total. The van der Waals surface area contributed by atoms with Crippen LogP contribution in [-0.4, -0.2) is 35.2 Å². The van der Waals surface area contributed by atoms with Gasteiger partial charge in [-0.05, 0) is 29.8 Å². The van der Waals surface area contributed by atoms with Crippen molar-refractivity contribution in [1.29, 1.82) is 0 Å². The number of hydrogen-bond donors (Lipinski definition) is 2. The lowest BCUT2D eigenvalue weighted by molar-refractivity contribution is -0.143. The standard InChI is InChI=1S/C17H18N2O4/c1-23-17(22)15(10-14-4-2-3-9-18-14)19-11-12-5-7-13(8-6-12)16(20)21/h2-9,15,19H,10-11H2,1H3,(H,20,21). The van der Waals surface area contributed by atoms with Gasteiger partial charge in [0.05, 0.1) is 12.7 Å². The summed E-state index contributed by atoms with van der Waals surface area (Å²) in [6.45, 7) is 0.423. The highest BCUT2D eigenvalue weighted by Crippen LogP contribution is 2.07. The molecule has 23 heavy (non-hydrogen) atoms. The summed E-state index contributed by atoms with van der Waals surface area (Å²) in [6.07, 6.45) is 2.09. The fourth-order valence-corrected chi connectivity index (χ4v) is 2.12. The van der Waals surface area contributed by atoms with Crippen LogP contribution in [0.5, 0.6) is 0 Å². The number of nitrogens with one attached hydrogen (secondary N) is 1. The van der Waals surface area contributed by atoms with E-state index in [1.165, 1.54) is 19.2 Å². The van der Waals surface area contributed by atoms with E-state index in [2.05, 4.69) is 10.3 Å². The van der Waals surface area contributed by atoms with Gasteiger partial charge in [-0.15, -0.1) is 0 Å². The van der Waals surface area contributed by atoms with Crippen molar-refractivity contribution in [1.82, 2.24) is 10.3 Å². The maximum absolute atomic E-state index is 11.9. The first-order valence-electron chi connectivity index (χ1n) is 7.13. The minimum absolute atomic E-state index is 0.228. The Morgan fingerprint density at radius 1 is 1.22 bits per heavy atom. The average Bonchev–Trinajstić information content (AvgIpc) is 2.59. The normalized spacial score (nSPS) is 11.7. The monoisotopic (exact) mass is 314 g/mol. The van der Waals surface area contributed by atoms with Crippen molar-refractivity contribution in [2.45, 2.75) is 19.0 Å². The van der Waals surface area contributed by atoms with E-state index in [-0.39, 0.29) is 11.5 Å². The zero-order valence-corrected chi connectivity index (χ0v) is 12.7. The van der Waals surface area contributed by atoms with E-state index in [4.69, 9.17) is 9.84 Å². The summed E-state index contributed by atoms with van der Waals surface area (Å²) in [5.41, 5.74) is 1.90. The molecule has 120 valence electrons. The van der Waals surface area contributed by atoms with Crippen molar-refractivity contribution in [2.24, 2.45) is 0 Å². The van der Waals surface area contributed by atoms with E-state index < -0.39 is 12.0 Å². The predicted molar refractivity (Wildman–Crippen MR) is 84.0 cm³/mol. The van der Waals surface area contributed by atoms with Gasteiger partial charge in [0.2, 0.25) is 0 Å². The second-order valence-electron chi connectivity index (χ2n) is 4.98. The van der Waals surface area contributed by atoms with Gasteiger partial charge in [0.15, 0.2) is 0 Å². The molecule has 2 aromatic rings. The van der Waals surface area contributed by atoms with Crippen LogP contribution >= 0.6 is 0 Å². The first-order chi connectivity index (χ1) is 11.1. The highest BCUT2D eigenvalue weighted by Gasteiger charge is 2.19. The number of pyridine rings is 1. The van der Waals surface area contributed by atoms with Crippen molar-refractivity contribution in [2.75, 3.05) is 7.11 Å². The molecule has 0 bridgehead atoms. The zero-order valence-electron chi connectivity index (χ0n) is 12.7. The molecule has 6 heteroatoms. The van der Waals surface area contributed by atoms with E-state index in [9.17, 15) is 9.59 Å². The SMILES string of the molecule is COC(=O)C(Cc1ccccn1)NCc1ccc(C(=O)O)cc1. The highest BCUT2D eigenvalue weighted by atomic mass is 16.5. The van der Waals surface area contributed by atoms with Crippen LogP contribution in [0.25, 0.3) is 0 Å². The smallest absolute Gasteiger partial charge is 0.335 e. The van der Waals surface area contributed by atoms with Crippen LogP contribution < -0.4 is 5.32 Å². The molecule has 2 N–H and O–H groups in total. The first kappa shape index (κ1) is 16.6. The molecule has 0 fully saturated rings. The number of benzene rings is 1. The van der Waals surface area contributed by atoms with E-state index in [1.54, 1.807) is 18.3 Å². The summed E-state index contributed by atoms with van der Waals surface area (Å²) in [6, 6.07) is 11.5. The molecular weight excluding hydrogens is 296 g/mol.